The van der Waals surface area contributed by atoms with Gasteiger partial charge in [0.15, 0.2) is 5.66 Å². The number of nitrogens with one attached hydrogen (secondary N) is 1. The molecule has 0 aliphatic carbocycles. The molecule has 0 atom stereocenters. The monoisotopic (exact) mass is 358 g/mol. The van der Waals surface area contributed by atoms with E-state index in [4.69, 9.17) is 39.5 Å². The molecule has 1 aliphatic rings. The number of nitrogens with zero attached hydrogens (tertiary/aromatic N) is 3. The lowest BCUT2D eigenvalue weighted by Gasteiger charge is -2.36. The maximum Gasteiger partial charge on any atom is 0.226 e. The molecule has 0 unspecified atom stereocenters. The van der Waals surface area contributed by atoms with Crippen molar-refractivity contribution in [3.8, 4) is 0 Å². The second-order valence-corrected chi connectivity index (χ2v) is 6.29. The third-order valence-corrected chi connectivity index (χ3v) is 3.85. The first-order chi connectivity index (χ1) is 10.8. The summed E-state index contributed by atoms with van der Waals surface area (Å²) in [5.74, 6) is 0.341. The van der Waals surface area contributed by atoms with Gasteiger partial charge in [-0.1, -0.05) is 23.2 Å². The molecule has 126 valence electrons. The van der Waals surface area contributed by atoms with Crippen molar-refractivity contribution in [1.29, 1.82) is 0 Å². The van der Waals surface area contributed by atoms with Crippen LogP contribution < -0.4 is 16.8 Å². The van der Waals surface area contributed by atoms with Gasteiger partial charge in [-0.3, -0.25) is 4.84 Å². The smallest absolute Gasteiger partial charge is 0.226 e. The molecule has 0 aromatic heterocycles. The third-order valence-electron chi connectivity index (χ3n) is 3.11. The van der Waals surface area contributed by atoms with Crippen LogP contribution in [0.3, 0.4) is 0 Å². The van der Waals surface area contributed by atoms with Crippen molar-refractivity contribution >= 4 is 40.8 Å². The number of hydroxylamine groups is 2. The minimum absolute atomic E-state index is 0.147. The van der Waals surface area contributed by atoms with E-state index in [0.717, 1.165) is 12.1 Å². The highest BCUT2D eigenvalue weighted by Gasteiger charge is 2.32. The van der Waals surface area contributed by atoms with Crippen LogP contribution in [0.4, 0.5) is 5.69 Å². The van der Waals surface area contributed by atoms with Gasteiger partial charge in [0.05, 0.1) is 16.7 Å². The van der Waals surface area contributed by atoms with E-state index >= 15 is 0 Å². The highest BCUT2D eigenvalue weighted by atomic mass is 35.5. The van der Waals surface area contributed by atoms with Crippen molar-refractivity contribution in [1.82, 2.24) is 5.06 Å². The molecule has 0 amide bonds. The molecule has 1 aromatic rings. The van der Waals surface area contributed by atoms with Crippen LogP contribution >= 0.6 is 23.2 Å². The Morgan fingerprint density at radius 1 is 1.26 bits per heavy atom. The summed E-state index contributed by atoms with van der Waals surface area (Å²) < 4.78 is 0. The average molecular weight is 359 g/mol. The summed E-state index contributed by atoms with van der Waals surface area (Å²) in [6.07, 6.45) is 0.749. The second kappa shape index (κ2) is 7.25. The van der Waals surface area contributed by atoms with Gasteiger partial charge in [-0.15, -0.1) is 0 Å². The quantitative estimate of drug-likeness (QED) is 0.677. The fraction of sp³-hybridized carbons (Fsp3) is 0.429. The van der Waals surface area contributed by atoms with Gasteiger partial charge in [0.2, 0.25) is 11.9 Å². The molecule has 1 aromatic carbocycles. The van der Waals surface area contributed by atoms with Crippen molar-refractivity contribution in [3.63, 3.8) is 0 Å². The Morgan fingerprint density at radius 2 is 2.00 bits per heavy atom. The van der Waals surface area contributed by atoms with E-state index in [9.17, 15) is 0 Å². The van der Waals surface area contributed by atoms with Crippen molar-refractivity contribution in [2.45, 2.75) is 25.9 Å². The fourth-order valence-electron chi connectivity index (χ4n) is 2.08. The van der Waals surface area contributed by atoms with Crippen LogP contribution in [0.25, 0.3) is 0 Å². The minimum atomic E-state index is -0.687. The molecule has 1 aliphatic heterocycles. The van der Waals surface area contributed by atoms with Crippen molar-refractivity contribution < 1.29 is 4.84 Å². The van der Waals surface area contributed by atoms with Gasteiger partial charge in [-0.2, -0.15) is 10.1 Å². The summed E-state index contributed by atoms with van der Waals surface area (Å²) in [6.45, 7) is 4.84. The van der Waals surface area contributed by atoms with E-state index in [2.05, 4.69) is 15.3 Å². The summed E-state index contributed by atoms with van der Waals surface area (Å²) in [5.41, 5.74) is 11.6. The van der Waals surface area contributed by atoms with E-state index in [-0.39, 0.29) is 11.9 Å². The van der Waals surface area contributed by atoms with E-state index in [1.54, 1.807) is 12.1 Å². The second-order valence-electron chi connectivity index (χ2n) is 5.47. The first-order valence-electron chi connectivity index (χ1n) is 7.11. The van der Waals surface area contributed by atoms with Crippen LogP contribution in [0.5, 0.6) is 0 Å². The van der Waals surface area contributed by atoms with Gasteiger partial charge in [-0.05, 0) is 38.5 Å². The molecule has 1 heterocycles. The zero-order chi connectivity index (χ0) is 17.0. The predicted octanol–water partition coefficient (Wildman–Crippen LogP) is 2.41. The third kappa shape index (κ3) is 4.63. The number of rotatable bonds is 6. The number of hydrogen-bond acceptors (Lipinski definition) is 7. The lowest BCUT2D eigenvalue weighted by atomic mass is 10.2. The van der Waals surface area contributed by atoms with E-state index in [1.807, 2.05) is 19.9 Å². The van der Waals surface area contributed by atoms with Crippen LogP contribution in [0, 0.1) is 0 Å². The average Bonchev–Trinajstić information content (AvgIpc) is 2.44. The first kappa shape index (κ1) is 17.7. The van der Waals surface area contributed by atoms with Crippen LogP contribution in [0.2, 0.25) is 10.0 Å². The molecule has 0 bridgehead atoms. The highest BCUT2D eigenvalue weighted by molar-refractivity contribution is 6.42. The van der Waals surface area contributed by atoms with Gasteiger partial charge >= 0.3 is 0 Å². The zero-order valence-electron chi connectivity index (χ0n) is 13.0. The molecular weight excluding hydrogens is 339 g/mol. The van der Waals surface area contributed by atoms with Crippen molar-refractivity contribution in [2.24, 2.45) is 21.5 Å². The topological polar surface area (TPSA) is 101 Å². The van der Waals surface area contributed by atoms with E-state index < -0.39 is 5.66 Å². The summed E-state index contributed by atoms with van der Waals surface area (Å²) >= 11 is 11.8. The molecule has 0 saturated heterocycles. The lowest BCUT2D eigenvalue weighted by molar-refractivity contribution is -0.156. The molecular formula is C14H20Cl2N6O. The summed E-state index contributed by atoms with van der Waals surface area (Å²) in [6, 6.07) is 5.39. The van der Waals surface area contributed by atoms with Gasteiger partial charge < -0.3 is 16.8 Å². The van der Waals surface area contributed by atoms with E-state index in [0.29, 0.717) is 23.2 Å². The Morgan fingerprint density at radius 3 is 2.65 bits per heavy atom. The minimum Gasteiger partial charge on any atom is -0.385 e. The maximum atomic E-state index is 5.96. The Hall–Kier alpha value is -1.70. The highest BCUT2D eigenvalue weighted by Crippen LogP contribution is 2.25. The van der Waals surface area contributed by atoms with Crippen LogP contribution in [0.1, 0.15) is 20.3 Å². The molecule has 0 fully saturated rings. The molecule has 23 heavy (non-hydrogen) atoms. The number of benzene rings is 1. The first-order valence-corrected chi connectivity index (χ1v) is 7.87. The number of halogens is 2. The Bertz CT molecular complexity index is 632. The van der Waals surface area contributed by atoms with Crippen molar-refractivity contribution in [3.05, 3.63) is 28.2 Å². The van der Waals surface area contributed by atoms with Crippen LogP contribution in [0.15, 0.2) is 28.2 Å². The lowest BCUT2D eigenvalue weighted by Crippen LogP contribution is -2.53. The summed E-state index contributed by atoms with van der Waals surface area (Å²) in [5, 5.41) is 5.75. The fourth-order valence-corrected chi connectivity index (χ4v) is 2.38. The number of anilines is 1. The summed E-state index contributed by atoms with van der Waals surface area (Å²) in [7, 11) is 0. The van der Waals surface area contributed by atoms with Gasteiger partial charge in [0, 0.05) is 12.2 Å². The largest absolute Gasteiger partial charge is 0.385 e. The number of guanidine groups is 2. The molecule has 7 nitrogen and oxygen atoms in total. The number of aliphatic imine (C=N–C) groups is 2. The molecule has 9 heteroatoms. The normalized spacial score (nSPS) is 16.8. The van der Waals surface area contributed by atoms with Crippen LogP contribution in [-0.2, 0) is 4.84 Å². The Labute approximate surface area is 145 Å². The molecule has 0 radical (unpaired) electrons. The van der Waals surface area contributed by atoms with Crippen LogP contribution in [-0.4, -0.2) is 35.8 Å². The van der Waals surface area contributed by atoms with Gasteiger partial charge in [0.25, 0.3) is 0 Å². The molecule has 0 spiro atoms. The van der Waals surface area contributed by atoms with E-state index in [1.165, 1.54) is 5.06 Å². The Kier molecular flexibility index (Phi) is 5.56. The summed E-state index contributed by atoms with van der Waals surface area (Å²) in [4.78, 5) is 13.8. The van der Waals surface area contributed by atoms with Gasteiger partial charge in [-0.25, -0.2) is 4.99 Å². The van der Waals surface area contributed by atoms with Gasteiger partial charge in [0.1, 0.15) is 0 Å². The molecule has 5 N–H and O–H groups in total. The Balaban J connectivity index is 1.77. The number of hydrogen-bond donors (Lipinski definition) is 3. The zero-order valence-corrected chi connectivity index (χ0v) is 14.5. The van der Waals surface area contributed by atoms with Crippen molar-refractivity contribution in [2.75, 3.05) is 18.5 Å². The molecule has 2 rings (SSSR count). The standard InChI is InChI=1S/C14H20Cl2N6O/c1-14(2)21-12(17)20-13(18)22(14)23-7-3-6-19-9-4-5-10(15)11(16)8-9/h4-5,8,19H,3,6-7H2,1-2H3,(H4,17,18,20,21). The molecule has 0 saturated carbocycles. The number of nitrogens with two attached hydrogens (primary N) is 2. The predicted molar refractivity (Wildman–Crippen MR) is 94.7 cm³/mol. The SMILES string of the molecule is CC1(C)N=C(N)N=C(N)N1OCCCNc1ccc(Cl)c(Cl)c1. The maximum absolute atomic E-state index is 5.96.